The maximum atomic E-state index is 13.0. The number of fused-ring (bicyclic) bond motifs is 1. The molecule has 3 rings (SSSR count). The van der Waals surface area contributed by atoms with Crippen LogP contribution >= 0.6 is 0 Å². The zero-order valence-corrected chi connectivity index (χ0v) is 28.1. The number of likely N-dealkylation sites (N-methyl/N-ethyl adjacent to an activating group) is 1. The zero-order valence-electron chi connectivity index (χ0n) is 27.3. The zero-order chi connectivity index (χ0) is 30.7. The standard InChI is InChI=1S/C20H33NOS.C14H24NO.C2H2/c1-5-7-12-20(13-8-6-2)14-11-17-15-18(21(3)4)9-10-19(17)23(22)16-20;1-4-15(5-2,6-3)12-13-16-14-10-8-7-9-11-14;1-2/h9-10,15H,5-8,11-14,16H2,1-4H3;7-11H,4-6,12-13H2,1-3H3;1-2H/q;+1;. The van der Waals surface area contributed by atoms with Crippen LogP contribution in [0.1, 0.15) is 85.1 Å². The third-order valence-electron chi connectivity index (χ3n) is 8.88. The minimum atomic E-state index is -0.849. The first-order valence-corrected chi connectivity index (χ1v) is 17.1. The molecule has 1 aliphatic heterocycles. The van der Waals surface area contributed by atoms with Crippen molar-refractivity contribution in [3.8, 4) is 18.6 Å². The number of unbranched alkanes of at least 4 members (excludes halogenated alkanes) is 2. The molecule has 0 aromatic heterocycles. The minimum absolute atomic E-state index is 0.286. The van der Waals surface area contributed by atoms with E-state index in [2.05, 4.69) is 84.7 Å². The summed E-state index contributed by atoms with van der Waals surface area (Å²) in [6.45, 7) is 16.8. The molecule has 0 saturated heterocycles. The van der Waals surface area contributed by atoms with Crippen LogP contribution in [0.2, 0.25) is 0 Å². The predicted molar refractivity (Wildman–Crippen MR) is 180 cm³/mol. The van der Waals surface area contributed by atoms with Crippen molar-refractivity contribution >= 4 is 16.5 Å². The van der Waals surface area contributed by atoms with Crippen LogP contribution in [0.25, 0.3) is 0 Å². The number of anilines is 1. The summed E-state index contributed by atoms with van der Waals surface area (Å²) < 4.78 is 19.9. The van der Waals surface area contributed by atoms with Gasteiger partial charge < -0.3 is 14.1 Å². The highest BCUT2D eigenvalue weighted by Crippen LogP contribution is 2.41. The third-order valence-corrected chi connectivity index (χ3v) is 10.6. The summed E-state index contributed by atoms with van der Waals surface area (Å²) in [7, 11) is 3.29. The molecule has 0 aliphatic carbocycles. The second kappa shape index (κ2) is 19.8. The van der Waals surface area contributed by atoms with Gasteiger partial charge in [-0.1, -0.05) is 57.7 Å². The van der Waals surface area contributed by atoms with E-state index in [9.17, 15) is 4.21 Å². The second-order valence-corrected chi connectivity index (χ2v) is 13.0. The van der Waals surface area contributed by atoms with Crippen LogP contribution in [0.15, 0.2) is 53.4 Å². The molecule has 0 spiro atoms. The lowest BCUT2D eigenvalue weighted by Gasteiger charge is -2.35. The molecule has 2 aromatic rings. The fourth-order valence-corrected chi connectivity index (χ4v) is 7.55. The molecule has 1 unspecified atom stereocenters. The molecule has 1 atom stereocenters. The Morgan fingerprint density at radius 3 is 2.00 bits per heavy atom. The van der Waals surface area contributed by atoms with Crippen molar-refractivity contribution < 1.29 is 13.4 Å². The van der Waals surface area contributed by atoms with E-state index in [0.29, 0.717) is 0 Å². The van der Waals surface area contributed by atoms with E-state index < -0.39 is 10.8 Å². The summed E-state index contributed by atoms with van der Waals surface area (Å²) in [6.07, 6.45) is 17.8. The molecule has 0 N–H and O–H groups in total. The number of hydrogen-bond acceptors (Lipinski definition) is 3. The average Bonchev–Trinajstić information content (AvgIpc) is 3.15. The first-order chi connectivity index (χ1) is 19.8. The maximum Gasteiger partial charge on any atom is 0.137 e. The van der Waals surface area contributed by atoms with Gasteiger partial charge in [0.2, 0.25) is 0 Å². The Hall–Kier alpha value is -2.29. The van der Waals surface area contributed by atoms with Crippen molar-refractivity contribution in [1.82, 2.24) is 0 Å². The van der Waals surface area contributed by atoms with E-state index in [1.807, 2.05) is 30.3 Å². The molecule has 5 heteroatoms. The van der Waals surface area contributed by atoms with Crippen LogP contribution in [0, 0.1) is 18.3 Å². The van der Waals surface area contributed by atoms with Crippen LogP contribution in [-0.2, 0) is 17.2 Å². The number of para-hydroxylation sites is 1. The van der Waals surface area contributed by atoms with Crippen molar-refractivity contribution in [3.63, 3.8) is 0 Å². The molecule has 2 aromatic carbocycles. The molecule has 1 heterocycles. The fraction of sp³-hybridized carbons (Fsp3) is 0.611. The highest BCUT2D eigenvalue weighted by molar-refractivity contribution is 7.85. The number of benzene rings is 2. The third kappa shape index (κ3) is 11.8. The van der Waals surface area contributed by atoms with E-state index in [4.69, 9.17) is 4.74 Å². The van der Waals surface area contributed by atoms with Gasteiger partial charge in [0.05, 0.1) is 30.4 Å². The quantitative estimate of drug-likeness (QED) is 0.165. The molecule has 230 valence electrons. The first kappa shape index (κ1) is 36.7. The van der Waals surface area contributed by atoms with Crippen LogP contribution in [0.4, 0.5) is 5.69 Å². The molecule has 0 radical (unpaired) electrons. The van der Waals surface area contributed by atoms with E-state index >= 15 is 0 Å². The molecule has 41 heavy (non-hydrogen) atoms. The molecule has 0 amide bonds. The summed E-state index contributed by atoms with van der Waals surface area (Å²) in [6, 6.07) is 16.5. The SMILES string of the molecule is C#C.CCCCC1(CCCC)CCc2cc(N(C)C)ccc2S(=O)C1.CC[N+](CC)(CC)CCOc1ccccc1. The molecular weight excluding hydrogens is 524 g/mol. The van der Waals surface area contributed by atoms with Gasteiger partial charge in [-0.3, -0.25) is 4.21 Å². The summed E-state index contributed by atoms with van der Waals surface area (Å²) >= 11 is 0. The van der Waals surface area contributed by atoms with Crippen molar-refractivity contribution in [2.75, 3.05) is 57.5 Å². The lowest BCUT2D eigenvalue weighted by Crippen LogP contribution is -2.49. The molecule has 4 nitrogen and oxygen atoms in total. The average molecular weight is 584 g/mol. The van der Waals surface area contributed by atoms with E-state index in [0.717, 1.165) is 40.5 Å². The van der Waals surface area contributed by atoms with Crippen LogP contribution < -0.4 is 9.64 Å². The van der Waals surface area contributed by atoms with Gasteiger partial charge in [0.15, 0.2) is 0 Å². The normalized spacial score (nSPS) is 15.7. The Morgan fingerprint density at radius 2 is 1.49 bits per heavy atom. The van der Waals surface area contributed by atoms with Gasteiger partial charge in [-0.15, -0.1) is 12.8 Å². The Kier molecular flexibility index (Phi) is 17.7. The largest absolute Gasteiger partial charge is 0.488 e. The Bertz CT molecular complexity index is 998. The van der Waals surface area contributed by atoms with Gasteiger partial charge in [0.1, 0.15) is 18.9 Å². The number of aryl methyl sites for hydroxylation is 1. The van der Waals surface area contributed by atoms with Crippen molar-refractivity contribution in [3.05, 3.63) is 54.1 Å². The highest BCUT2D eigenvalue weighted by Gasteiger charge is 2.34. The van der Waals surface area contributed by atoms with Gasteiger partial charge in [-0.25, -0.2) is 0 Å². The van der Waals surface area contributed by atoms with Gasteiger partial charge in [-0.05, 0) is 87.8 Å². The minimum Gasteiger partial charge on any atom is -0.488 e. The molecule has 1 aliphatic rings. The van der Waals surface area contributed by atoms with Crippen molar-refractivity contribution in [1.29, 1.82) is 0 Å². The number of terminal acetylenes is 1. The van der Waals surface area contributed by atoms with Gasteiger partial charge in [0.25, 0.3) is 0 Å². The molecule has 0 bridgehead atoms. The molecular formula is C36H59N2O2S+. The van der Waals surface area contributed by atoms with Crippen molar-refractivity contribution in [2.24, 2.45) is 5.41 Å². The summed E-state index contributed by atoms with van der Waals surface area (Å²) in [5.74, 6) is 1.84. The van der Waals surface area contributed by atoms with Gasteiger partial charge >= 0.3 is 0 Å². The van der Waals surface area contributed by atoms with Crippen LogP contribution in [0.5, 0.6) is 5.75 Å². The topological polar surface area (TPSA) is 29.5 Å². The van der Waals surface area contributed by atoms with Crippen molar-refractivity contribution in [2.45, 2.75) is 90.9 Å². The summed E-state index contributed by atoms with van der Waals surface area (Å²) in [5.41, 5.74) is 2.81. The molecule has 0 fully saturated rings. The van der Waals surface area contributed by atoms with E-state index in [-0.39, 0.29) is 5.41 Å². The number of hydrogen-bond donors (Lipinski definition) is 0. The number of quaternary nitrogens is 1. The van der Waals surface area contributed by atoms with Gasteiger partial charge in [0, 0.05) is 30.4 Å². The summed E-state index contributed by atoms with van der Waals surface area (Å²) in [5, 5.41) is 0. The van der Waals surface area contributed by atoms with Gasteiger partial charge in [-0.2, -0.15) is 0 Å². The highest BCUT2D eigenvalue weighted by atomic mass is 32.2. The number of ether oxygens (including phenoxy) is 1. The second-order valence-electron chi connectivity index (χ2n) is 11.6. The van der Waals surface area contributed by atoms with Crippen LogP contribution in [0.3, 0.4) is 0 Å². The molecule has 0 saturated carbocycles. The maximum absolute atomic E-state index is 13.0. The fourth-order valence-electron chi connectivity index (χ4n) is 5.73. The predicted octanol–water partition coefficient (Wildman–Crippen LogP) is 8.36. The smallest absolute Gasteiger partial charge is 0.137 e. The Labute approximate surface area is 255 Å². The monoisotopic (exact) mass is 583 g/mol. The van der Waals surface area contributed by atoms with E-state index in [1.54, 1.807) is 0 Å². The van der Waals surface area contributed by atoms with E-state index in [1.165, 1.54) is 75.8 Å². The lowest BCUT2D eigenvalue weighted by molar-refractivity contribution is -0.923. The summed E-state index contributed by atoms with van der Waals surface area (Å²) in [4.78, 5) is 3.22. The lowest BCUT2D eigenvalue weighted by atomic mass is 9.75. The number of nitrogens with zero attached hydrogens (tertiary/aromatic N) is 2. The first-order valence-electron chi connectivity index (χ1n) is 15.8. The Morgan fingerprint density at radius 1 is 0.902 bits per heavy atom. The number of rotatable bonds is 14. The van der Waals surface area contributed by atoms with Crippen LogP contribution in [-0.4, -0.2) is 61.3 Å². The Balaban J connectivity index is 0.000000410.